The fraction of sp³-hybridized carbons (Fsp3) is 0.571. The van der Waals surface area contributed by atoms with Crippen molar-refractivity contribution in [2.75, 3.05) is 13.2 Å². The van der Waals surface area contributed by atoms with Crippen LogP contribution in [-0.2, 0) is 0 Å². The van der Waals surface area contributed by atoms with Gasteiger partial charge in [-0.05, 0) is 37.8 Å². The van der Waals surface area contributed by atoms with Crippen molar-refractivity contribution < 1.29 is 9.90 Å². The maximum Gasteiger partial charge on any atom is 0.252 e. The Balaban J connectivity index is 2.46. The molecule has 18 heavy (non-hydrogen) atoms. The molecule has 1 unspecified atom stereocenters. The van der Waals surface area contributed by atoms with Crippen LogP contribution in [0.5, 0.6) is 0 Å². The van der Waals surface area contributed by atoms with Crippen LogP contribution in [0.1, 0.15) is 42.2 Å². The summed E-state index contributed by atoms with van der Waals surface area (Å²) in [4.78, 5) is 16.0. The third kappa shape index (κ3) is 4.84. The Morgan fingerprint density at radius 1 is 1.44 bits per heavy atom. The summed E-state index contributed by atoms with van der Waals surface area (Å²) < 4.78 is 0. The molecule has 0 aliphatic carbocycles. The first-order valence-electron chi connectivity index (χ1n) is 6.49. The summed E-state index contributed by atoms with van der Waals surface area (Å²) in [7, 11) is 0. The van der Waals surface area contributed by atoms with Crippen molar-refractivity contribution in [2.45, 2.75) is 33.1 Å². The molecule has 1 rings (SSSR count). The van der Waals surface area contributed by atoms with E-state index < -0.39 is 0 Å². The van der Waals surface area contributed by atoms with Crippen molar-refractivity contribution in [3.05, 3.63) is 29.6 Å². The molecule has 0 aromatic carbocycles. The third-order valence-electron chi connectivity index (χ3n) is 2.96. The number of aryl methyl sites for hydroxylation is 1. The average Bonchev–Trinajstić information content (AvgIpc) is 2.37. The minimum absolute atomic E-state index is 0.0958. The Morgan fingerprint density at radius 2 is 2.22 bits per heavy atom. The number of aliphatic hydroxyl groups excluding tert-OH is 1. The molecule has 0 saturated heterocycles. The van der Waals surface area contributed by atoms with Crippen molar-refractivity contribution in [1.82, 2.24) is 10.3 Å². The largest absolute Gasteiger partial charge is 0.396 e. The number of aliphatic hydroxyl groups is 1. The highest BCUT2D eigenvalue weighted by Crippen LogP contribution is 2.09. The summed E-state index contributed by atoms with van der Waals surface area (Å²) >= 11 is 0. The van der Waals surface area contributed by atoms with Crippen molar-refractivity contribution >= 4 is 5.91 Å². The van der Waals surface area contributed by atoms with Gasteiger partial charge in [0.1, 0.15) is 0 Å². The third-order valence-corrected chi connectivity index (χ3v) is 2.96. The first-order valence-corrected chi connectivity index (χ1v) is 6.49. The fourth-order valence-corrected chi connectivity index (χ4v) is 1.88. The van der Waals surface area contributed by atoms with Crippen LogP contribution in [0.25, 0.3) is 0 Å². The highest BCUT2D eigenvalue weighted by Gasteiger charge is 2.10. The van der Waals surface area contributed by atoms with Crippen molar-refractivity contribution in [2.24, 2.45) is 5.92 Å². The summed E-state index contributed by atoms with van der Waals surface area (Å²) in [5, 5.41) is 11.9. The van der Waals surface area contributed by atoms with E-state index in [0.29, 0.717) is 18.0 Å². The number of carbonyl (C=O) groups is 1. The van der Waals surface area contributed by atoms with Gasteiger partial charge in [0.2, 0.25) is 0 Å². The van der Waals surface area contributed by atoms with E-state index in [4.69, 9.17) is 5.11 Å². The van der Waals surface area contributed by atoms with Gasteiger partial charge in [0.25, 0.3) is 5.91 Å². The van der Waals surface area contributed by atoms with E-state index in [1.807, 2.05) is 13.0 Å². The molecule has 4 heteroatoms. The van der Waals surface area contributed by atoms with Gasteiger partial charge in [0.15, 0.2) is 0 Å². The van der Waals surface area contributed by atoms with Crippen LogP contribution in [0.2, 0.25) is 0 Å². The fourth-order valence-electron chi connectivity index (χ4n) is 1.88. The number of pyridine rings is 1. The number of nitrogens with zero attached hydrogens (tertiary/aromatic N) is 1. The molecular formula is C14H22N2O2. The molecule has 0 radical (unpaired) electrons. The number of hydrogen-bond donors (Lipinski definition) is 2. The maximum absolute atomic E-state index is 11.9. The second kappa shape index (κ2) is 7.82. The highest BCUT2D eigenvalue weighted by molar-refractivity contribution is 5.93. The summed E-state index contributed by atoms with van der Waals surface area (Å²) in [6.07, 6.45) is 4.41. The molecule has 0 fully saturated rings. The van der Waals surface area contributed by atoms with Gasteiger partial charge >= 0.3 is 0 Å². The second-order valence-electron chi connectivity index (χ2n) is 4.57. The summed E-state index contributed by atoms with van der Waals surface area (Å²) in [5.74, 6) is 0.254. The van der Waals surface area contributed by atoms with Crippen LogP contribution >= 0.6 is 0 Å². The number of hydrogen-bond acceptors (Lipinski definition) is 3. The molecule has 1 aromatic rings. The summed E-state index contributed by atoms with van der Waals surface area (Å²) in [5.41, 5.74) is 1.48. The first-order chi connectivity index (χ1) is 8.67. The molecule has 0 aliphatic heterocycles. The second-order valence-corrected chi connectivity index (χ2v) is 4.57. The highest BCUT2D eigenvalue weighted by atomic mass is 16.3. The number of amides is 1. The molecule has 0 saturated carbocycles. The van der Waals surface area contributed by atoms with Crippen LogP contribution in [-0.4, -0.2) is 29.1 Å². The number of nitrogens with one attached hydrogen (secondary N) is 1. The van der Waals surface area contributed by atoms with E-state index in [2.05, 4.69) is 17.2 Å². The molecular weight excluding hydrogens is 228 g/mol. The Labute approximate surface area is 108 Å². The van der Waals surface area contributed by atoms with Crippen molar-refractivity contribution in [3.8, 4) is 0 Å². The molecule has 4 nitrogen and oxygen atoms in total. The Morgan fingerprint density at radius 3 is 2.78 bits per heavy atom. The normalized spacial score (nSPS) is 12.2. The zero-order valence-electron chi connectivity index (χ0n) is 11.1. The van der Waals surface area contributed by atoms with Gasteiger partial charge in [-0.25, -0.2) is 0 Å². The minimum atomic E-state index is -0.0958. The van der Waals surface area contributed by atoms with E-state index in [-0.39, 0.29) is 12.5 Å². The average molecular weight is 250 g/mol. The summed E-state index contributed by atoms with van der Waals surface area (Å²) in [6, 6.07) is 3.60. The van der Waals surface area contributed by atoms with Gasteiger partial charge < -0.3 is 10.4 Å². The SMILES string of the molecule is CCCC(CCO)CNC(=O)c1ccc(C)nc1. The molecule has 1 heterocycles. The molecule has 1 amide bonds. The van der Waals surface area contributed by atoms with Gasteiger partial charge in [0, 0.05) is 25.0 Å². The van der Waals surface area contributed by atoms with Crippen LogP contribution in [0, 0.1) is 12.8 Å². The van der Waals surface area contributed by atoms with Gasteiger partial charge in [-0.3, -0.25) is 9.78 Å². The zero-order valence-corrected chi connectivity index (χ0v) is 11.1. The van der Waals surface area contributed by atoms with E-state index in [0.717, 1.165) is 25.0 Å². The molecule has 2 N–H and O–H groups in total. The van der Waals surface area contributed by atoms with Crippen molar-refractivity contribution in [1.29, 1.82) is 0 Å². The van der Waals surface area contributed by atoms with Gasteiger partial charge in [-0.15, -0.1) is 0 Å². The van der Waals surface area contributed by atoms with Crippen LogP contribution < -0.4 is 5.32 Å². The lowest BCUT2D eigenvalue weighted by Crippen LogP contribution is -2.29. The van der Waals surface area contributed by atoms with Crippen molar-refractivity contribution in [3.63, 3.8) is 0 Å². The lowest BCUT2D eigenvalue weighted by molar-refractivity contribution is 0.0942. The number of carbonyl (C=O) groups excluding carboxylic acids is 1. The lowest BCUT2D eigenvalue weighted by Gasteiger charge is -2.15. The molecule has 0 bridgehead atoms. The first kappa shape index (κ1) is 14.6. The molecule has 100 valence electrons. The van der Waals surface area contributed by atoms with Gasteiger partial charge in [-0.2, -0.15) is 0 Å². The summed E-state index contributed by atoms with van der Waals surface area (Å²) in [6.45, 7) is 4.78. The molecule has 1 atom stereocenters. The Hall–Kier alpha value is -1.42. The van der Waals surface area contributed by atoms with Gasteiger partial charge in [-0.1, -0.05) is 13.3 Å². The number of aromatic nitrogens is 1. The van der Waals surface area contributed by atoms with E-state index in [9.17, 15) is 4.79 Å². The van der Waals surface area contributed by atoms with Crippen LogP contribution in [0.15, 0.2) is 18.3 Å². The van der Waals surface area contributed by atoms with Crippen LogP contribution in [0.4, 0.5) is 0 Å². The predicted octanol–water partition coefficient (Wildman–Crippen LogP) is 1.92. The Bertz CT molecular complexity index is 357. The van der Waals surface area contributed by atoms with Crippen LogP contribution in [0.3, 0.4) is 0 Å². The zero-order chi connectivity index (χ0) is 13.4. The quantitative estimate of drug-likeness (QED) is 0.777. The number of rotatable bonds is 7. The molecule has 0 spiro atoms. The molecule has 1 aromatic heterocycles. The Kier molecular flexibility index (Phi) is 6.36. The lowest BCUT2D eigenvalue weighted by atomic mass is 10.0. The van der Waals surface area contributed by atoms with E-state index >= 15 is 0 Å². The van der Waals surface area contributed by atoms with E-state index in [1.165, 1.54) is 0 Å². The minimum Gasteiger partial charge on any atom is -0.396 e. The molecule has 0 aliphatic rings. The predicted molar refractivity (Wildman–Crippen MR) is 71.4 cm³/mol. The smallest absolute Gasteiger partial charge is 0.252 e. The van der Waals surface area contributed by atoms with Gasteiger partial charge in [0.05, 0.1) is 5.56 Å². The van der Waals surface area contributed by atoms with E-state index in [1.54, 1.807) is 12.3 Å². The standard InChI is InChI=1S/C14H22N2O2/c1-3-4-12(7-8-17)9-16-14(18)13-6-5-11(2)15-10-13/h5-6,10,12,17H,3-4,7-9H2,1-2H3,(H,16,18). The maximum atomic E-state index is 11.9. The monoisotopic (exact) mass is 250 g/mol. The topological polar surface area (TPSA) is 62.2 Å².